The number of carbonyl (C=O) groups excluding carboxylic acids is 2. The summed E-state index contributed by atoms with van der Waals surface area (Å²) < 4.78 is 10.2. The van der Waals surface area contributed by atoms with E-state index in [1.54, 1.807) is 29.2 Å². The Morgan fingerprint density at radius 3 is 2.38 bits per heavy atom. The van der Waals surface area contributed by atoms with Gasteiger partial charge in [-0.2, -0.15) is 0 Å². The third-order valence-corrected chi connectivity index (χ3v) is 4.94. The van der Waals surface area contributed by atoms with Crippen LogP contribution in [0.4, 0.5) is 5.69 Å². The fraction of sp³-hybridized carbons (Fsp3) is 0.227. The van der Waals surface area contributed by atoms with Crippen molar-refractivity contribution in [3.8, 4) is 0 Å². The van der Waals surface area contributed by atoms with Gasteiger partial charge in [0, 0.05) is 37.3 Å². The Hall–Kier alpha value is -3.61. The van der Waals surface area contributed by atoms with E-state index in [4.69, 9.17) is 9.15 Å². The average Bonchev–Trinajstić information content (AvgIpc) is 2.77. The van der Waals surface area contributed by atoms with Crippen LogP contribution in [0.15, 0.2) is 69.9 Å². The molecule has 0 atom stereocenters. The highest BCUT2D eigenvalue weighted by atomic mass is 16.5. The molecule has 0 radical (unpaired) electrons. The largest absolute Gasteiger partial charge is 0.452 e. The molecular formula is C22H20N2O5. The first kappa shape index (κ1) is 18.7. The van der Waals surface area contributed by atoms with Crippen molar-refractivity contribution in [3.63, 3.8) is 0 Å². The summed E-state index contributed by atoms with van der Waals surface area (Å²) in [7, 11) is 0. The van der Waals surface area contributed by atoms with Crippen molar-refractivity contribution in [1.29, 1.82) is 0 Å². The fourth-order valence-corrected chi connectivity index (χ4v) is 3.35. The van der Waals surface area contributed by atoms with Crippen LogP contribution in [0.3, 0.4) is 0 Å². The van der Waals surface area contributed by atoms with Crippen molar-refractivity contribution in [2.45, 2.75) is 0 Å². The lowest BCUT2D eigenvalue weighted by atomic mass is 10.2. The van der Waals surface area contributed by atoms with Gasteiger partial charge in [0.2, 0.25) is 0 Å². The molecule has 1 aromatic heterocycles. The fourth-order valence-electron chi connectivity index (χ4n) is 3.35. The van der Waals surface area contributed by atoms with Gasteiger partial charge in [-0.25, -0.2) is 9.59 Å². The van der Waals surface area contributed by atoms with Crippen molar-refractivity contribution in [3.05, 3.63) is 76.6 Å². The molecule has 1 amide bonds. The van der Waals surface area contributed by atoms with Gasteiger partial charge in [-0.1, -0.05) is 36.4 Å². The molecule has 29 heavy (non-hydrogen) atoms. The number of anilines is 1. The minimum absolute atomic E-state index is 0.217. The maximum Gasteiger partial charge on any atom is 0.351 e. The van der Waals surface area contributed by atoms with Crippen molar-refractivity contribution in [1.82, 2.24) is 4.90 Å². The van der Waals surface area contributed by atoms with E-state index < -0.39 is 18.2 Å². The number of hydrogen-bond acceptors (Lipinski definition) is 6. The lowest BCUT2D eigenvalue weighted by Crippen LogP contribution is -2.50. The summed E-state index contributed by atoms with van der Waals surface area (Å²) >= 11 is 0. The van der Waals surface area contributed by atoms with Crippen LogP contribution in [-0.2, 0) is 9.53 Å². The Bertz CT molecular complexity index is 1090. The van der Waals surface area contributed by atoms with Crippen molar-refractivity contribution in [2.24, 2.45) is 0 Å². The standard InChI is InChI=1S/C22H20N2O5/c25-20(24-12-10-23(11-13-24)17-7-2-1-3-8-17)15-28-21(26)18-14-16-6-4-5-9-19(16)29-22(18)27/h1-9,14H,10-13,15H2. The third kappa shape index (κ3) is 4.13. The van der Waals surface area contributed by atoms with E-state index in [1.807, 2.05) is 30.3 Å². The van der Waals surface area contributed by atoms with E-state index in [9.17, 15) is 14.4 Å². The number of amides is 1. The minimum Gasteiger partial charge on any atom is -0.452 e. The van der Waals surface area contributed by atoms with Crippen LogP contribution >= 0.6 is 0 Å². The van der Waals surface area contributed by atoms with Crippen LogP contribution in [0, 0.1) is 0 Å². The van der Waals surface area contributed by atoms with Gasteiger partial charge >= 0.3 is 11.6 Å². The highest BCUT2D eigenvalue weighted by Crippen LogP contribution is 2.16. The molecule has 2 aromatic carbocycles. The zero-order valence-electron chi connectivity index (χ0n) is 15.7. The summed E-state index contributed by atoms with van der Waals surface area (Å²) in [5.74, 6) is -1.14. The summed E-state index contributed by atoms with van der Waals surface area (Å²) in [6, 6.07) is 18.3. The van der Waals surface area contributed by atoms with Gasteiger partial charge in [0.25, 0.3) is 5.91 Å². The summed E-state index contributed by atoms with van der Waals surface area (Å²) in [4.78, 5) is 40.6. The van der Waals surface area contributed by atoms with Crippen molar-refractivity contribution >= 4 is 28.5 Å². The number of nitrogens with zero attached hydrogens (tertiary/aromatic N) is 2. The van der Waals surface area contributed by atoms with Crippen LogP contribution < -0.4 is 10.5 Å². The third-order valence-electron chi connectivity index (χ3n) is 4.94. The maximum atomic E-state index is 12.4. The van der Waals surface area contributed by atoms with Gasteiger partial charge in [-0.15, -0.1) is 0 Å². The van der Waals surface area contributed by atoms with Gasteiger partial charge in [-0.05, 0) is 24.3 Å². The highest BCUT2D eigenvalue weighted by molar-refractivity contribution is 5.94. The predicted octanol–water partition coefficient (Wildman–Crippen LogP) is 2.30. The predicted molar refractivity (Wildman–Crippen MR) is 108 cm³/mol. The molecule has 1 saturated heterocycles. The SMILES string of the molecule is O=C(OCC(=O)N1CCN(c2ccccc2)CC1)c1cc2ccccc2oc1=O. The van der Waals surface area contributed by atoms with Crippen LogP contribution in [0.1, 0.15) is 10.4 Å². The number of piperazine rings is 1. The Balaban J connectivity index is 1.34. The molecule has 0 N–H and O–H groups in total. The zero-order chi connectivity index (χ0) is 20.2. The number of benzene rings is 2. The highest BCUT2D eigenvalue weighted by Gasteiger charge is 2.23. The summed E-state index contributed by atoms with van der Waals surface area (Å²) in [6.45, 7) is 2.10. The molecule has 1 aliphatic heterocycles. The first-order chi connectivity index (χ1) is 14.1. The quantitative estimate of drug-likeness (QED) is 0.501. The van der Waals surface area contributed by atoms with E-state index in [0.717, 1.165) is 5.69 Å². The molecule has 7 nitrogen and oxygen atoms in total. The van der Waals surface area contributed by atoms with E-state index in [-0.39, 0.29) is 11.5 Å². The molecule has 4 rings (SSSR count). The molecule has 148 valence electrons. The summed E-state index contributed by atoms with van der Waals surface area (Å²) in [5.41, 5.74) is 0.512. The van der Waals surface area contributed by atoms with E-state index in [1.165, 1.54) is 6.07 Å². The molecule has 1 aliphatic rings. The van der Waals surface area contributed by atoms with Crippen LogP contribution in [0.5, 0.6) is 0 Å². The van der Waals surface area contributed by atoms with Gasteiger partial charge in [0.1, 0.15) is 11.1 Å². The molecule has 0 saturated carbocycles. The van der Waals surface area contributed by atoms with E-state index >= 15 is 0 Å². The summed E-state index contributed by atoms with van der Waals surface area (Å²) in [6.07, 6.45) is 0. The number of carbonyl (C=O) groups is 2. The normalized spacial score (nSPS) is 14.1. The van der Waals surface area contributed by atoms with E-state index in [2.05, 4.69) is 4.90 Å². The second-order valence-electron chi connectivity index (χ2n) is 6.76. The Morgan fingerprint density at radius 1 is 0.931 bits per heavy atom. The Kier molecular flexibility index (Phi) is 5.29. The Labute approximate surface area is 167 Å². The topological polar surface area (TPSA) is 80.1 Å². The second kappa shape index (κ2) is 8.18. The number of para-hydroxylation sites is 2. The average molecular weight is 392 g/mol. The molecule has 0 unspecified atom stereocenters. The van der Waals surface area contributed by atoms with E-state index in [0.29, 0.717) is 37.1 Å². The second-order valence-corrected chi connectivity index (χ2v) is 6.76. The zero-order valence-corrected chi connectivity index (χ0v) is 15.7. The number of esters is 1. The molecule has 7 heteroatoms. The smallest absolute Gasteiger partial charge is 0.351 e. The van der Waals surface area contributed by atoms with Crippen molar-refractivity contribution in [2.75, 3.05) is 37.7 Å². The monoisotopic (exact) mass is 392 g/mol. The minimum atomic E-state index is -0.860. The summed E-state index contributed by atoms with van der Waals surface area (Å²) in [5, 5.41) is 0.613. The number of fused-ring (bicyclic) bond motifs is 1. The molecule has 3 aromatic rings. The molecule has 2 heterocycles. The van der Waals surface area contributed by atoms with Gasteiger partial charge in [0.05, 0.1) is 0 Å². The number of hydrogen-bond donors (Lipinski definition) is 0. The molecule has 0 aliphatic carbocycles. The lowest BCUT2D eigenvalue weighted by molar-refractivity contribution is -0.134. The molecule has 1 fully saturated rings. The van der Waals surface area contributed by atoms with Crippen LogP contribution in [0.2, 0.25) is 0 Å². The first-order valence-corrected chi connectivity index (χ1v) is 9.39. The van der Waals surface area contributed by atoms with Gasteiger partial charge < -0.3 is 19.0 Å². The van der Waals surface area contributed by atoms with Gasteiger partial charge in [0.15, 0.2) is 6.61 Å². The van der Waals surface area contributed by atoms with Crippen molar-refractivity contribution < 1.29 is 18.7 Å². The first-order valence-electron chi connectivity index (χ1n) is 9.39. The lowest BCUT2D eigenvalue weighted by Gasteiger charge is -2.36. The molecule has 0 bridgehead atoms. The molecule has 0 spiro atoms. The van der Waals surface area contributed by atoms with Gasteiger partial charge in [-0.3, -0.25) is 4.79 Å². The van der Waals surface area contributed by atoms with Crippen LogP contribution in [0.25, 0.3) is 11.0 Å². The molecular weight excluding hydrogens is 372 g/mol. The maximum absolute atomic E-state index is 12.4. The Morgan fingerprint density at radius 2 is 1.62 bits per heavy atom. The number of rotatable bonds is 4. The van der Waals surface area contributed by atoms with Crippen LogP contribution in [-0.4, -0.2) is 49.6 Å². The number of ether oxygens (including phenoxy) is 1.